The summed E-state index contributed by atoms with van der Waals surface area (Å²) in [6.45, 7) is 4.30. The van der Waals surface area contributed by atoms with Gasteiger partial charge < -0.3 is 19.0 Å². The molecule has 0 aliphatic rings. The van der Waals surface area contributed by atoms with Crippen molar-refractivity contribution in [2.24, 2.45) is 0 Å². The Morgan fingerprint density at radius 2 is 1.94 bits per heavy atom. The number of benzene rings is 3. The van der Waals surface area contributed by atoms with E-state index in [9.17, 15) is 4.79 Å². The van der Waals surface area contributed by atoms with Crippen molar-refractivity contribution in [3.63, 3.8) is 0 Å². The highest BCUT2D eigenvalue weighted by molar-refractivity contribution is 6.05. The summed E-state index contributed by atoms with van der Waals surface area (Å²) in [5.74, 6) is 0.719. The fourth-order valence-corrected chi connectivity index (χ4v) is 3.93. The quantitative estimate of drug-likeness (QED) is 0.299. The molecule has 33 heavy (non-hydrogen) atoms. The van der Waals surface area contributed by atoms with Gasteiger partial charge >= 0.3 is 0 Å². The SMILES string of the molecule is CCOc1cc2occ(-c3ccc4ccccc4c3)c2cc1/C(C)=C/C(=O)Nc1ccon1. The van der Waals surface area contributed by atoms with Crippen LogP contribution in [0.3, 0.4) is 0 Å². The molecule has 3 aromatic carbocycles. The highest BCUT2D eigenvalue weighted by atomic mass is 16.5. The molecule has 0 atom stereocenters. The fourth-order valence-electron chi connectivity index (χ4n) is 3.93. The molecule has 0 saturated carbocycles. The van der Waals surface area contributed by atoms with Gasteiger partial charge in [-0.2, -0.15) is 0 Å². The van der Waals surface area contributed by atoms with E-state index < -0.39 is 0 Å². The van der Waals surface area contributed by atoms with Gasteiger partial charge in [0.05, 0.1) is 12.9 Å². The lowest BCUT2D eigenvalue weighted by molar-refractivity contribution is -0.111. The largest absolute Gasteiger partial charge is 0.493 e. The first-order valence-electron chi connectivity index (χ1n) is 10.7. The monoisotopic (exact) mass is 438 g/mol. The van der Waals surface area contributed by atoms with Gasteiger partial charge in [0, 0.05) is 34.7 Å². The van der Waals surface area contributed by atoms with Crippen LogP contribution in [-0.4, -0.2) is 17.7 Å². The molecule has 5 aromatic rings. The number of allylic oxidation sites excluding steroid dienone is 1. The molecule has 0 aliphatic heterocycles. The van der Waals surface area contributed by atoms with E-state index in [1.807, 2.05) is 38.1 Å². The third kappa shape index (κ3) is 4.11. The van der Waals surface area contributed by atoms with Crippen LogP contribution in [0.25, 0.3) is 38.4 Å². The number of rotatable bonds is 6. The number of aromatic nitrogens is 1. The topological polar surface area (TPSA) is 77.5 Å². The zero-order valence-electron chi connectivity index (χ0n) is 18.3. The van der Waals surface area contributed by atoms with Crippen LogP contribution in [0.1, 0.15) is 19.4 Å². The third-order valence-corrected chi connectivity index (χ3v) is 5.50. The normalized spacial score (nSPS) is 11.8. The molecule has 0 aliphatic carbocycles. The number of ether oxygens (including phenoxy) is 1. The number of carbonyl (C=O) groups is 1. The molecule has 2 heterocycles. The number of hydrogen-bond acceptors (Lipinski definition) is 5. The van der Waals surface area contributed by atoms with Gasteiger partial charge in [0.15, 0.2) is 5.82 Å². The van der Waals surface area contributed by atoms with Crippen molar-refractivity contribution >= 4 is 39.0 Å². The number of carbonyl (C=O) groups excluding carboxylic acids is 1. The van der Waals surface area contributed by atoms with E-state index in [2.05, 4.69) is 40.8 Å². The number of furan rings is 1. The number of nitrogens with one attached hydrogen (secondary N) is 1. The van der Waals surface area contributed by atoms with Gasteiger partial charge in [-0.25, -0.2) is 0 Å². The second-order valence-corrected chi connectivity index (χ2v) is 7.69. The van der Waals surface area contributed by atoms with Crippen LogP contribution in [0, 0.1) is 0 Å². The summed E-state index contributed by atoms with van der Waals surface area (Å²) >= 11 is 0. The summed E-state index contributed by atoms with van der Waals surface area (Å²) in [5, 5.41) is 9.69. The lowest BCUT2D eigenvalue weighted by atomic mass is 9.97. The lowest BCUT2D eigenvalue weighted by Crippen LogP contribution is -2.09. The molecule has 6 nitrogen and oxygen atoms in total. The zero-order valence-corrected chi connectivity index (χ0v) is 18.3. The molecule has 0 bridgehead atoms. The summed E-state index contributed by atoms with van der Waals surface area (Å²) in [6.07, 6.45) is 4.69. The van der Waals surface area contributed by atoms with Gasteiger partial charge in [-0.3, -0.25) is 4.79 Å². The molecular weight excluding hydrogens is 416 g/mol. The fraction of sp³-hybridized carbons (Fsp3) is 0.111. The average Bonchev–Trinajstić information content (AvgIpc) is 3.48. The van der Waals surface area contributed by atoms with E-state index in [4.69, 9.17) is 13.7 Å². The van der Waals surface area contributed by atoms with Crippen molar-refractivity contribution in [1.29, 1.82) is 0 Å². The van der Waals surface area contributed by atoms with Crippen LogP contribution in [0.5, 0.6) is 5.75 Å². The van der Waals surface area contributed by atoms with E-state index in [1.165, 1.54) is 17.7 Å². The van der Waals surface area contributed by atoms with Crippen LogP contribution >= 0.6 is 0 Å². The Morgan fingerprint density at radius 1 is 1.09 bits per heavy atom. The number of fused-ring (bicyclic) bond motifs is 2. The van der Waals surface area contributed by atoms with Crippen molar-refractivity contribution in [3.8, 4) is 16.9 Å². The van der Waals surface area contributed by atoms with Crippen LogP contribution in [0.15, 0.2) is 88.2 Å². The Labute approximate surface area is 190 Å². The minimum absolute atomic E-state index is 0.300. The van der Waals surface area contributed by atoms with E-state index >= 15 is 0 Å². The Morgan fingerprint density at radius 3 is 2.73 bits per heavy atom. The number of anilines is 1. The summed E-state index contributed by atoms with van der Waals surface area (Å²) in [5.41, 5.74) is 4.35. The number of nitrogens with zero attached hydrogens (tertiary/aromatic N) is 1. The van der Waals surface area contributed by atoms with Crippen molar-refractivity contribution in [3.05, 3.63) is 84.8 Å². The maximum Gasteiger partial charge on any atom is 0.249 e. The Kier molecular flexibility index (Phi) is 5.40. The summed E-state index contributed by atoms with van der Waals surface area (Å²) in [4.78, 5) is 12.5. The molecule has 0 unspecified atom stereocenters. The van der Waals surface area contributed by atoms with Crippen LogP contribution in [-0.2, 0) is 4.79 Å². The van der Waals surface area contributed by atoms with Crippen molar-refractivity contribution < 1.29 is 18.5 Å². The first kappa shape index (κ1) is 20.6. The predicted octanol–water partition coefficient (Wildman–Crippen LogP) is 6.68. The maximum atomic E-state index is 12.5. The van der Waals surface area contributed by atoms with Gasteiger partial charge in [0.2, 0.25) is 5.91 Å². The van der Waals surface area contributed by atoms with Crippen LogP contribution in [0.4, 0.5) is 5.82 Å². The Hall–Kier alpha value is -4.32. The summed E-state index contributed by atoms with van der Waals surface area (Å²) in [6, 6.07) is 20.1. The van der Waals surface area contributed by atoms with Crippen molar-refractivity contribution in [2.45, 2.75) is 13.8 Å². The molecule has 164 valence electrons. The third-order valence-electron chi connectivity index (χ3n) is 5.50. The highest BCUT2D eigenvalue weighted by Crippen LogP contribution is 2.38. The maximum absolute atomic E-state index is 12.5. The predicted molar refractivity (Wildman–Crippen MR) is 129 cm³/mol. The molecule has 5 rings (SSSR count). The van der Waals surface area contributed by atoms with Crippen molar-refractivity contribution in [2.75, 3.05) is 11.9 Å². The van der Waals surface area contributed by atoms with E-state index in [-0.39, 0.29) is 5.91 Å². The summed E-state index contributed by atoms with van der Waals surface area (Å²) < 4.78 is 16.5. The number of amides is 1. The lowest BCUT2D eigenvalue weighted by Gasteiger charge is -2.12. The van der Waals surface area contributed by atoms with Gasteiger partial charge in [-0.1, -0.05) is 41.6 Å². The first-order chi connectivity index (χ1) is 16.1. The highest BCUT2D eigenvalue weighted by Gasteiger charge is 2.16. The molecular formula is C27H22N2O4. The summed E-state index contributed by atoms with van der Waals surface area (Å²) in [7, 11) is 0. The molecule has 2 aromatic heterocycles. The van der Waals surface area contributed by atoms with E-state index in [1.54, 1.807) is 12.3 Å². The molecule has 6 heteroatoms. The zero-order chi connectivity index (χ0) is 22.8. The average molecular weight is 438 g/mol. The van der Waals surface area contributed by atoms with Crippen LogP contribution in [0.2, 0.25) is 0 Å². The first-order valence-corrected chi connectivity index (χ1v) is 10.7. The van der Waals surface area contributed by atoms with E-state index in [0.29, 0.717) is 18.2 Å². The molecule has 1 N–H and O–H groups in total. The molecule has 0 saturated heterocycles. The van der Waals surface area contributed by atoms with E-state index in [0.717, 1.165) is 38.6 Å². The number of hydrogen-bond donors (Lipinski definition) is 1. The van der Waals surface area contributed by atoms with Crippen LogP contribution < -0.4 is 10.1 Å². The van der Waals surface area contributed by atoms with Gasteiger partial charge in [-0.05, 0) is 47.9 Å². The molecule has 0 radical (unpaired) electrons. The second-order valence-electron chi connectivity index (χ2n) is 7.69. The van der Waals surface area contributed by atoms with Gasteiger partial charge in [-0.15, -0.1) is 0 Å². The second kappa shape index (κ2) is 8.67. The van der Waals surface area contributed by atoms with Gasteiger partial charge in [0.1, 0.15) is 17.6 Å². The van der Waals surface area contributed by atoms with Gasteiger partial charge in [0.25, 0.3) is 0 Å². The van der Waals surface area contributed by atoms with Crippen molar-refractivity contribution in [1.82, 2.24) is 5.16 Å². The molecule has 0 fully saturated rings. The minimum atomic E-state index is -0.300. The molecule has 1 amide bonds. The Bertz CT molecular complexity index is 1480. The minimum Gasteiger partial charge on any atom is -0.493 e. The standard InChI is InChI=1S/C27H22N2O4/c1-3-31-24-15-25-22(14-21(24)17(2)12-27(30)28-26-10-11-33-29-26)23(16-32-25)20-9-8-18-6-4-5-7-19(18)13-20/h4-16H,3H2,1-2H3,(H,28,29,30)/b17-12+. The molecule has 0 spiro atoms. The smallest absolute Gasteiger partial charge is 0.249 e. The Balaban J connectivity index is 1.57.